The molecule has 3 rings (SSSR count). The SMILES string of the molecule is COc1ccc(N2CCN(c3ncccn3)[C@@H](C(=O)N(C)C)C2)cc1. The average Bonchev–Trinajstić information content (AvgIpc) is 2.67. The summed E-state index contributed by atoms with van der Waals surface area (Å²) in [5, 5.41) is 0. The van der Waals surface area contributed by atoms with E-state index in [2.05, 4.69) is 14.9 Å². The fraction of sp³-hybridized carbons (Fsp3) is 0.389. The summed E-state index contributed by atoms with van der Waals surface area (Å²) >= 11 is 0. The third kappa shape index (κ3) is 3.65. The van der Waals surface area contributed by atoms with Crippen LogP contribution in [0.3, 0.4) is 0 Å². The standard InChI is InChI=1S/C18H23N5O2/c1-21(2)17(24)16-13-22(14-5-7-15(25-3)8-6-14)11-12-23(16)18-19-9-4-10-20-18/h4-10,16H,11-13H2,1-3H3/t16-/m1/s1. The first kappa shape index (κ1) is 17.0. The third-order valence-electron chi connectivity index (χ3n) is 4.35. The molecule has 0 saturated carbocycles. The lowest BCUT2D eigenvalue weighted by Gasteiger charge is -2.42. The molecule has 1 aliphatic rings. The van der Waals surface area contributed by atoms with Crippen molar-refractivity contribution in [1.29, 1.82) is 0 Å². The highest BCUT2D eigenvalue weighted by atomic mass is 16.5. The Hall–Kier alpha value is -2.83. The lowest BCUT2D eigenvalue weighted by atomic mass is 10.1. The first-order valence-electron chi connectivity index (χ1n) is 8.24. The summed E-state index contributed by atoms with van der Waals surface area (Å²) < 4.78 is 5.22. The Morgan fingerprint density at radius 3 is 2.44 bits per heavy atom. The number of carbonyl (C=O) groups is 1. The second-order valence-electron chi connectivity index (χ2n) is 6.13. The summed E-state index contributed by atoms with van der Waals surface area (Å²) in [6, 6.07) is 9.36. The van der Waals surface area contributed by atoms with Crippen LogP contribution in [0.15, 0.2) is 42.7 Å². The fourth-order valence-corrected chi connectivity index (χ4v) is 3.00. The summed E-state index contributed by atoms with van der Waals surface area (Å²) in [5.74, 6) is 1.46. The normalized spacial score (nSPS) is 17.3. The Morgan fingerprint density at radius 2 is 1.84 bits per heavy atom. The van der Waals surface area contributed by atoms with Crippen LogP contribution in [-0.4, -0.2) is 67.7 Å². The quantitative estimate of drug-likeness (QED) is 0.835. The van der Waals surface area contributed by atoms with E-state index in [1.54, 1.807) is 44.6 Å². The molecule has 0 unspecified atom stereocenters. The predicted octanol–water partition coefficient (Wildman–Crippen LogP) is 1.27. The number of amides is 1. The number of hydrogen-bond donors (Lipinski definition) is 0. The van der Waals surface area contributed by atoms with Crippen LogP contribution in [0.1, 0.15) is 0 Å². The monoisotopic (exact) mass is 341 g/mol. The number of hydrogen-bond acceptors (Lipinski definition) is 6. The van der Waals surface area contributed by atoms with Gasteiger partial charge in [0.15, 0.2) is 0 Å². The molecular weight excluding hydrogens is 318 g/mol. The Kier molecular flexibility index (Phi) is 5.02. The van der Waals surface area contributed by atoms with E-state index in [4.69, 9.17) is 4.74 Å². The summed E-state index contributed by atoms with van der Waals surface area (Å²) in [4.78, 5) is 27.2. The van der Waals surface area contributed by atoms with Crippen molar-refractivity contribution in [3.8, 4) is 5.75 Å². The van der Waals surface area contributed by atoms with Gasteiger partial charge in [0.1, 0.15) is 11.8 Å². The second kappa shape index (κ2) is 7.38. The molecule has 25 heavy (non-hydrogen) atoms. The molecule has 1 fully saturated rings. The maximum absolute atomic E-state index is 12.7. The minimum Gasteiger partial charge on any atom is -0.497 e. The summed E-state index contributed by atoms with van der Waals surface area (Å²) in [5.41, 5.74) is 1.07. The van der Waals surface area contributed by atoms with E-state index in [1.165, 1.54) is 0 Å². The molecule has 0 spiro atoms. The van der Waals surface area contributed by atoms with E-state index >= 15 is 0 Å². The van der Waals surface area contributed by atoms with Crippen molar-refractivity contribution in [3.63, 3.8) is 0 Å². The van der Waals surface area contributed by atoms with Crippen LogP contribution in [0.2, 0.25) is 0 Å². The Balaban J connectivity index is 1.84. The Morgan fingerprint density at radius 1 is 1.16 bits per heavy atom. The molecular formula is C18H23N5O2. The number of anilines is 2. The van der Waals surface area contributed by atoms with Gasteiger partial charge in [0.25, 0.3) is 0 Å². The zero-order valence-corrected chi connectivity index (χ0v) is 14.8. The third-order valence-corrected chi connectivity index (χ3v) is 4.35. The lowest BCUT2D eigenvalue weighted by molar-refractivity contribution is -0.130. The number of aromatic nitrogens is 2. The summed E-state index contributed by atoms with van der Waals surface area (Å²) in [6.07, 6.45) is 3.41. The van der Waals surface area contributed by atoms with E-state index in [0.717, 1.165) is 18.0 Å². The van der Waals surface area contributed by atoms with Gasteiger partial charge in [-0.05, 0) is 30.3 Å². The number of piperazine rings is 1. The average molecular weight is 341 g/mol. The zero-order valence-electron chi connectivity index (χ0n) is 14.8. The predicted molar refractivity (Wildman–Crippen MR) is 97.1 cm³/mol. The van der Waals surface area contributed by atoms with Gasteiger partial charge < -0.3 is 19.4 Å². The van der Waals surface area contributed by atoms with Crippen LogP contribution >= 0.6 is 0 Å². The molecule has 1 aromatic carbocycles. The van der Waals surface area contributed by atoms with E-state index in [0.29, 0.717) is 19.0 Å². The zero-order chi connectivity index (χ0) is 17.8. The first-order chi connectivity index (χ1) is 12.1. The van der Waals surface area contributed by atoms with Crippen molar-refractivity contribution in [2.75, 3.05) is 50.6 Å². The van der Waals surface area contributed by atoms with Gasteiger partial charge in [-0.2, -0.15) is 0 Å². The minimum absolute atomic E-state index is 0.0469. The highest BCUT2D eigenvalue weighted by Gasteiger charge is 2.34. The van der Waals surface area contributed by atoms with Gasteiger partial charge in [0.2, 0.25) is 11.9 Å². The van der Waals surface area contributed by atoms with Crippen LogP contribution < -0.4 is 14.5 Å². The van der Waals surface area contributed by atoms with Crippen molar-refractivity contribution >= 4 is 17.5 Å². The number of benzene rings is 1. The largest absolute Gasteiger partial charge is 0.497 e. The van der Waals surface area contributed by atoms with Crippen molar-refractivity contribution in [2.45, 2.75) is 6.04 Å². The molecule has 1 atom stereocenters. The highest BCUT2D eigenvalue weighted by Crippen LogP contribution is 2.24. The maximum Gasteiger partial charge on any atom is 0.246 e. The van der Waals surface area contributed by atoms with Crippen LogP contribution in [0.4, 0.5) is 11.6 Å². The summed E-state index contributed by atoms with van der Waals surface area (Å²) in [6.45, 7) is 2.06. The van der Waals surface area contributed by atoms with Crippen LogP contribution in [0.25, 0.3) is 0 Å². The summed E-state index contributed by atoms with van der Waals surface area (Å²) in [7, 11) is 5.21. The molecule has 0 bridgehead atoms. The van der Waals surface area contributed by atoms with Crippen LogP contribution in [0, 0.1) is 0 Å². The van der Waals surface area contributed by atoms with Gasteiger partial charge in [-0.25, -0.2) is 9.97 Å². The highest BCUT2D eigenvalue weighted by molar-refractivity contribution is 5.85. The number of methoxy groups -OCH3 is 1. The molecule has 0 aliphatic carbocycles. The van der Waals surface area contributed by atoms with Gasteiger partial charge in [0, 0.05) is 51.8 Å². The van der Waals surface area contributed by atoms with Crippen molar-refractivity contribution in [3.05, 3.63) is 42.7 Å². The van der Waals surface area contributed by atoms with E-state index < -0.39 is 0 Å². The Bertz CT molecular complexity index is 705. The van der Waals surface area contributed by atoms with Crippen LogP contribution in [-0.2, 0) is 4.79 Å². The molecule has 132 valence electrons. The topological polar surface area (TPSA) is 61.8 Å². The Labute approximate surface area is 147 Å². The number of rotatable bonds is 4. The smallest absolute Gasteiger partial charge is 0.246 e. The van der Waals surface area contributed by atoms with Crippen molar-refractivity contribution in [1.82, 2.24) is 14.9 Å². The fourth-order valence-electron chi connectivity index (χ4n) is 3.00. The maximum atomic E-state index is 12.7. The molecule has 1 amide bonds. The minimum atomic E-state index is -0.326. The first-order valence-corrected chi connectivity index (χ1v) is 8.24. The van der Waals surface area contributed by atoms with Crippen LogP contribution in [0.5, 0.6) is 5.75 Å². The second-order valence-corrected chi connectivity index (χ2v) is 6.13. The van der Waals surface area contributed by atoms with E-state index in [-0.39, 0.29) is 11.9 Å². The molecule has 2 heterocycles. The number of likely N-dealkylation sites (N-methyl/N-ethyl adjacent to an activating group) is 1. The number of carbonyl (C=O) groups excluding carboxylic acids is 1. The molecule has 2 aromatic rings. The van der Waals surface area contributed by atoms with Gasteiger partial charge >= 0.3 is 0 Å². The lowest BCUT2D eigenvalue weighted by Crippen LogP contribution is -2.59. The van der Waals surface area contributed by atoms with Gasteiger partial charge in [-0.3, -0.25) is 4.79 Å². The van der Waals surface area contributed by atoms with Gasteiger partial charge in [-0.1, -0.05) is 0 Å². The van der Waals surface area contributed by atoms with Crippen molar-refractivity contribution < 1.29 is 9.53 Å². The van der Waals surface area contributed by atoms with E-state index in [1.807, 2.05) is 29.2 Å². The molecule has 0 N–H and O–H groups in total. The van der Waals surface area contributed by atoms with Gasteiger partial charge in [-0.15, -0.1) is 0 Å². The molecule has 1 saturated heterocycles. The van der Waals surface area contributed by atoms with Crippen molar-refractivity contribution in [2.24, 2.45) is 0 Å². The molecule has 7 heteroatoms. The molecule has 1 aliphatic heterocycles. The molecule has 7 nitrogen and oxygen atoms in total. The molecule has 1 aromatic heterocycles. The molecule has 0 radical (unpaired) electrons. The number of ether oxygens (including phenoxy) is 1. The number of nitrogens with zero attached hydrogens (tertiary/aromatic N) is 5. The van der Waals surface area contributed by atoms with Gasteiger partial charge in [0.05, 0.1) is 7.11 Å². The van der Waals surface area contributed by atoms with E-state index in [9.17, 15) is 4.79 Å².